The van der Waals surface area contributed by atoms with Crippen molar-refractivity contribution in [1.29, 1.82) is 0 Å². The highest BCUT2D eigenvalue weighted by molar-refractivity contribution is 8.00. The molecule has 4 nitrogen and oxygen atoms in total. The lowest BCUT2D eigenvalue weighted by atomic mass is 10.0. The Hall–Kier alpha value is -1.46. The molecule has 2 aromatic rings. The molecule has 0 saturated carbocycles. The second-order valence-corrected chi connectivity index (χ2v) is 6.67. The summed E-state index contributed by atoms with van der Waals surface area (Å²) in [6.07, 6.45) is 0. The monoisotopic (exact) mass is 321 g/mol. The molecule has 1 aromatic heterocycles. The second-order valence-electron chi connectivity index (χ2n) is 5.14. The molecular weight excluding hydrogens is 306 g/mol. The van der Waals surface area contributed by atoms with Crippen molar-refractivity contribution in [3.8, 4) is 0 Å². The van der Waals surface area contributed by atoms with E-state index < -0.39 is 0 Å². The number of hydrogen-bond acceptors (Lipinski definition) is 3. The maximum absolute atomic E-state index is 12.2. The summed E-state index contributed by atoms with van der Waals surface area (Å²) in [4.78, 5) is 13.9. The summed E-state index contributed by atoms with van der Waals surface area (Å²) in [5.41, 5.74) is 3.21. The van der Waals surface area contributed by atoms with Crippen molar-refractivity contribution < 1.29 is 4.79 Å². The van der Waals surface area contributed by atoms with Gasteiger partial charge in [0.2, 0.25) is 5.91 Å². The smallest absolute Gasteiger partial charge is 0.237 e. The van der Waals surface area contributed by atoms with Crippen molar-refractivity contribution in [2.45, 2.75) is 12.2 Å². The van der Waals surface area contributed by atoms with Crippen LogP contribution in [0.15, 0.2) is 24.3 Å². The predicted molar refractivity (Wildman–Crippen MR) is 87.1 cm³/mol. The Morgan fingerprint density at radius 2 is 1.95 bits per heavy atom. The van der Waals surface area contributed by atoms with Gasteiger partial charge in [0.15, 0.2) is 0 Å². The quantitative estimate of drug-likeness (QED) is 0.809. The minimum atomic E-state index is 0.0971. The SMILES string of the molecule is Cc1nn(C)c2c1[C@@H](c1ccc(Cl)cc1)SCC(=O)N2C. The van der Waals surface area contributed by atoms with Crippen LogP contribution in [0.1, 0.15) is 22.1 Å². The third kappa shape index (κ3) is 2.45. The van der Waals surface area contributed by atoms with Gasteiger partial charge in [-0.1, -0.05) is 23.7 Å². The lowest BCUT2D eigenvalue weighted by Gasteiger charge is -2.17. The van der Waals surface area contributed by atoms with Crippen LogP contribution in [0.25, 0.3) is 0 Å². The van der Waals surface area contributed by atoms with Crippen molar-refractivity contribution in [2.24, 2.45) is 7.05 Å². The number of aryl methyl sites for hydroxylation is 2. The fraction of sp³-hybridized carbons (Fsp3) is 0.333. The second kappa shape index (κ2) is 5.39. The molecule has 0 unspecified atom stereocenters. The minimum absolute atomic E-state index is 0.0971. The van der Waals surface area contributed by atoms with Gasteiger partial charge in [-0.25, -0.2) is 0 Å². The van der Waals surface area contributed by atoms with Crippen LogP contribution in [0.2, 0.25) is 5.02 Å². The first kappa shape index (κ1) is 14.5. The minimum Gasteiger partial charge on any atom is -0.299 e. The summed E-state index contributed by atoms with van der Waals surface area (Å²) in [7, 11) is 3.69. The maximum atomic E-state index is 12.2. The molecule has 1 aromatic carbocycles. The third-order valence-electron chi connectivity index (χ3n) is 3.74. The van der Waals surface area contributed by atoms with Crippen molar-refractivity contribution >= 4 is 35.1 Å². The molecule has 6 heteroatoms. The van der Waals surface area contributed by atoms with E-state index in [2.05, 4.69) is 5.10 Å². The van der Waals surface area contributed by atoms with Gasteiger partial charge in [-0.15, -0.1) is 11.8 Å². The fourth-order valence-electron chi connectivity index (χ4n) is 2.72. The molecule has 1 amide bonds. The van der Waals surface area contributed by atoms with E-state index in [0.29, 0.717) is 10.8 Å². The Bertz CT molecular complexity index is 696. The first-order chi connectivity index (χ1) is 9.99. The number of anilines is 1. The molecule has 0 N–H and O–H groups in total. The summed E-state index contributed by atoms with van der Waals surface area (Å²) in [6, 6.07) is 7.82. The largest absolute Gasteiger partial charge is 0.299 e. The average molecular weight is 322 g/mol. The number of aromatic nitrogens is 2. The molecule has 1 aliphatic rings. The fourth-order valence-corrected chi connectivity index (χ4v) is 4.14. The standard InChI is InChI=1S/C15H16ClN3OS/c1-9-13-14(10-4-6-11(16)7-5-10)21-8-12(20)18(2)15(13)19(3)17-9/h4-7,14H,8H2,1-3H3/t14-/m1/s1. The highest BCUT2D eigenvalue weighted by Crippen LogP contribution is 2.44. The molecule has 3 rings (SSSR count). The van der Waals surface area contributed by atoms with Crippen LogP contribution in [0, 0.1) is 6.92 Å². The predicted octanol–water partition coefficient (Wildman–Crippen LogP) is 3.18. The zero-order chi connectivity index (χ0) is 15.1. The molecule has 1 aliphatic heterocycles. The van der Waals surface area contributed by atoms with Crippen molar-refractivity contribution in [3.63, 3.8) is 0 Å². The lowest BCUT2D eigenvalue weighted by Crippen LogP contribution is -2.29. The molecule has 2 heterocycles. The normalized spacial score (nSPS) is 18.6. The summed E-state index contributed by atoms with van der Waals surface area (Å²) in [5, 5.41) is 5.31. The van der Waals surface area contributed by atoms with E-state index in [0.717, 1.165) is 22.6 Å². The third-order valence-corrected chi connectivity index (χ3v) is 5.24. The molecular formula is C15H16ClN3OS. The molecule has 0 radical (unpaired) electrons. The lowest BCUT2D eigenvalue weighted by molar-refractivity contribution is -0.115. The van der Waals surface area contributed by atoms with Crippen molar-refractivity contribution in [2.75, 3.05) is 17.7 Å². The van der Waals surface area contributed by atoms with E-state index in [1.807, 2.05) is 45.3 Å². The summed E-state index contributed by atoms with van der Waals surface area (Å²) >= 11 is 7.62. The number of thioether (sulfide) groups is 1. The van der Waals surface area contributed by atoms with Gasteiger partial charge in [-0.2, -0.15) is 5.10 Å². The van der Waals surface area contributed by atoms with E-state index in [4.69, 9.17) is 11.6 Å². The number of halogens is 1. The average Bonchev–Trinajstić information content (AvgIpc) is 2.66. The number of fused-ring (bicyclic) bond motifs is 1. The van der Waals surface area contributed by atoms with Crippen LogP contribution in [0.4, 0.5) is 5.82 Å². The van der Waals surface area contributed by atoms with Crippen LogP contribution in [0.3, 0.4) is 0 Å². The number of rotatable bonds is 1. The van der Waals surface area contributed by atoms with E-state index in [9.17, 15) is 4.79 Å². The van der Waals surface area contributed by atoms with E-state index >= 15 is 0 Å². The molecule has 0 spiro atoms. The van der Waals surface area contributed by atoms with Crippen molar-refractivity contribution in [1.82, 2.24) is 9.78 Å². The highest BCUT2D eigenvalue weighted by Gasteiger charge is 2.32. The number of carbonyl (C=O) groups excluding carboxylic acids is 1. The molecule has 1 atom stereocenters. The number of benzene rings is 1. The molecule has 0 bridgehead atoms. The highest BCUT2D eigenvalue weighted by atomic mass is 35.5. The van der Waals surface area contributed by atoms with Crippen LogP contribution in [-0.4, -0.2) is 28.5 Å². The van der Waals surface area contributed by atoms with E-state index in [1.165, 1.54) is 0 Å². The summed E-state index contributed by atoms with van der Waals surface area (Å²) < 4.78 is 1.79. The zero-order valence-corrected chi connectivity index (χ0v) is 13.7. The zero-order valence-electron chi connectivity index (χ0n) is 12.1. The van der Waals surface area contributed by atoms with Crippen LogP contribution in [-0.2, 0) is 11.8 Å². The van der Waals surface area contributed by atoms with Crippen LogP contribution < -0.4 is 4.90 Å². The molecule has 0 saturated heterocycles. The molecule has 0 fully saturated rings. The van der Waals surface area contributed by atoms with Gasteiger partial charge in [0, 0.05) is 24.7 Å². The van der Waals surface area contributed by atoms with Gasteiger partial charge in [0.25, 0.3) is 0 Å². The Balaban J connectivity index is 2.17. The van der Waals surface area contributed by atoms with E-state index in [-0.39, 0.29) is 11.2 Å². The Morgan fingerprint density at radius 1 is 1.29 bits per heavy atom. The number of amides is 1. The topological polar surface area (TPSA) is 38.1 Å². The molecule has 110 valence electrons. The molecule has 0 aliphatic carbocycles. The Morgan fingerprint density at radius 3 is 2.62 bits per heavy atom. The van der Waals surface area contributed by atoms with Gasteiger partial charge in [0.05, 0.1) is 16.7 Å². The van der Waals surface area contributed by atoms with Gasteiger partial charge < -0.3 is 0 Å². The maximum Gasteiger partial charge on any atom is 0.237 e. The first-order valence-corrected chi connectivity index (χ1v) is 8.09. The van der Waals surface area contributed by atoms with Gasteiger partial charge in [0.1, 0.15) is 5.82 Å². The van der Waals surface area contributed by atoms with Gasteiger partial charge in [-0.05, 0) is 24.6 Å². The molecule has 21 heavy (non-hydrogen) atoms. The van der Waals surface area contributed by atoms with Crippen LogP contribution in [0.5, 0.6) is 0 Å². The van der Waals surface area contributed by atoms with Gasteiger partial charge >= 0.3 is 0 Å². The van der Waals surface area contributed by atoms with Gasteiger partial charge in [-0.3, -0.25) is 14.4 Å². The van der Waals surface area contributed by atoms with Crippen molar-refractivity contribution in [3.05, 3.63) is 46.1 Å². The number of nitrogens with zero attached hydrogens (tertiary/aromatic N) is 3. The number of carbonyl (C=O) groups is 1. The Labute approximate surface area is 133 Å². The summed E-state index contributed by atoms with van der Waals surface area (Å²) in [6.45, 7) is 1.99. The first-order valence-electron chi connectivity index (χ1n) is 6.66. The van der Waals surface area contributed by atoms with Crippen LogP contribution >= 0.6 is 23.4 Å². The van der Waals surface area contributed by atoms with E-state index in [1.54, 1.807) is 21.3 Å². The summed E-state index contributed by atoms with van der Waals surface area (Å²) in [5.74, 6) is 1.43. The Kier molecular flexibility index (Phi) is 3.71. The number of hydrogen-bond donors (Lipinski definition) is 0.